The molecule has 4 nitrogen and oxygen atoms in total. The van der Waals surface area contributed by atoms with Crippen molar-refractivity contribution in [3.05, 3.63) is 34.3 Å². The highest BCUT2D eigenvalue weighted by atomic mass is 79.9. The molecule has 0 radical (unpaired) electrons. The molecule has 1 atom stereocenters. The van der Waals surface area contributed by atoms with Crippen molar-refractivity contribution in [2.75, 3.05) is 13.1 Å². The molecular weight excluding hydrogens is 340 g/mol. The van der Waals surface area contributed by atoms with E-state index < -0.39 is 0 Å². The van der Waals surface area contributed by atoms with Crippen LogP contribution in [0.15, 0.2) is 28.7 Å². The van der Waals surface area contributed by atoms with E-state index in [0.29, 0.717) is 6.54 Å². The Kier molecular flexibility index (Phi) is 7.69. The number of likely N-dealkylation sites (N-methyl/N-ethyl adjacent to an activating group) is 1. The molecule has 6 heteroatoms. The van der Waals surface area contributed by atoms with Gasteiger partial charge in [-0.1, -0.05) is 28.1 Å². The van der Waals surface area contributed by atoms with E-state index >= 15 is 0 Å². The van der Waals surface area contributed by atoms with Crippen molar-refractivity contribution in [1.29, 1.82) is 0 Å². The quantitative estimate of drug-likeness (QED) is 0.786. The smallest absolute Gasteiger partial charge is 0.239 e. The molecule has 0 unspecified atom stereocenters. The molecule has 0 fully saturated rings. The first-order valence-electron chi connectivity index (χ1n) is 6.43. The second-order valence-corrected chi connectivity index (χ2v) is 6.50. The van der Waals surface area contributed by atoms with Crippen molar-refractivity contribution in [3.8, 4) is 0 Å². The zero-order chi connectivity index (χ0) is 15.0. The molecule has 2 N–H and O–H groups in total. The van der Waals surface area contributed by atoms with Crippen LogP contribution in [0.3, 0.4) is 0 Å². The lowest BCUT2D eigenvalue weighted by atomic mass is 10.2. The van der Waals surface area contributed by atoms with Crippen molar-refractivity contribution < 1.29 is 9.59 Å². The lowest BCUT2D eigenvalue weighted by molar-refractivity contribution is -0.125. The topological polar surface area (TPSA) is 58.2 Å². The Morgan fingerprint density at radius 1 is 1.25 bits per heavy atom. The van der Waals surface area contributed by atoms with Gasteiger partial charge in [0.1, 0.15) is 0 Å². The number of rotatable bonds is 7. The standard InChI is InChI=1S/C14H19BrN2O2S/c1-3-16-13(18)8-17-14(19)10(2)20-9-11-4-6-12(15)7-5-11/h4-7,10H,3,8-9H2,1-2H3,(H,16,18)(H,17,19)/t10-/m1/s1. The Morgan fingerprint density at radius 2 is 1.90 bits per heavy atom. The number of amides is 2. The summed E-state index contributed by atoms with van der Waals surface area (Å²) < 4.78 is 1.04. The van der Waals surface area contributed by atoms with Gasteiger partial charge in [-0.15, -0.1) is 11.8 Å². The van der Waals surface area contributed by atoms with E-state index in [0.717, 1.165) is 10.2 Å². The number of benzene rings is 1. The molecule has 0 aliphatic carbocycles. The molecular formula is C14H19BrN2O2S. The lowest BCUT2D eigenvalue weighted by Crippen LogP contribution is -2.39. The number of hydrogen-bond donors (Lipinski definition) is 2. The summed E-state index contributed by atoms with van der Waals surface area (Å²) in [4.78, 5) is 23.1. The molecule has 110 valence electrons. The Balaban J connectivity index is 2.31. The molecule has 1 aromatic rings. The zero-order valence-electron chi connectivity index (χ0n) is 11.6. The predicted molar refractivity (Wildman–Crippen MR) is 86.6 cm³/mol. The highest BCUT2D eigenvalue weighted by Gasteiger charge is 2.14. The Hall–Kier alpha value is -1.01. The van der Waals surface area contributed by atoms with Crippen molar-refractivity contribution in [3.63, 3.8) is 0 Å². The van der Waals surface area contributed by atoms with Crippen LogP contribution in [-0.4, -0.2) is 30.2 Å². The van der Waals surface area contributed by atoms with Crippen molar-refractivity contribution in [2.24, 2.45) is 0 Å². The van der Waals surface area contributed by atoms with E-state index in [1.807, 2.05) is 38.1 Å². The first kappa shape index (κ1) is 17.0. The van der Waals surface area contributed by atoms with E-state index in [1.165, 1.54) is 5.56 Å². The molecule has 0 heterocycles. The van der Waals surface area contributed by atoms with Crippen LogP contribution in [0.1, 0.15) is 19.4 Å². The Morgan fingerprint density at radius 3 is 2.50 bits per heavy atom. The fourth-order valence-electron chi connectivity index (χ4n) is 1.45. The zero-order valence-corrected chi connectivity index (χ0v) is 14.0. The number of carbonyl (C=O) groups excluding carboxylic acids is 2. The second kappa shape index (κ2) is 9.02. The van der Waals surface area contributed by atoms with Crippen LogP contribution < -0.4 is 10.6 Å². The summed E-state index contributed by atoms with van der Waals surface area (Å²) >= 11 is 4.94. The monoisotopic (exact) mass is 358 g/mol. The van der Waals surface area contributed by atoms with Crippen LogP contribution in [0.4, 0.5) is 0 Å². The third-order valence-corrected chi connectivity index (χ3v) is 4.32. The fraction of sp³-hybridized carbons (Fsp3) is 0.429. The van der Waals surface area contributed by atoms with Crippen LogP contribution in [-0.2, 0) is 15.3 Å². The highest BCUT2D eigenvalue weighted by molar-refractivity contribution is 9.10. The molecule has 2 amide bonds. The van der Waals surface area contributed by atoms with Gasteiger partial charge in [-0.3, -0.25) is 9.59 Å². The van der Waals surface area contributed by atoms with Gasteiger partial charge in [0.2, 0.25) is 11.8 Å². The largest absolute Gasteiger partial charge is 0.355 e. The molecule has 0 aliphatic heterocycles. The maximum absolute atomic E-state index is 11.8. The van der Waals surface area contributed by atoms with Gasteiger partial charge in [0, 0.05) is 16.8 Å². The van der Waals surface area contributed by atoms with Gasteiger partial charge in [0.15, 0.2) is 0 Å². The van der Waals surface area contributed by atoms with Gasteiger partial charge < -0.3 is 10.6 Å². The molecule has 0 aromatic heterocycles. The number of carbonyl (C=O) groups is 2. The molecule has 0 aliphatic rings. The fourth-order valence-corrected chi connectivity index (χ4v) is 2.58. The summed E-state index contributed by atoms with van der Waals surface area (Å²) in [5.74, 6) is 0.493. The van der Waals surface area contributed by atoms with E-state index in [1.54, 1.807) is 11.8 Å². The van der Waals surface area contributed by atoms with E-state index in [9.17, 15) is 9.59 Å². The third kappa shape index (κ3) is 6.43. The number of thioether (sulfide) groups is 1. The molecule has 20 heavy (non-hydrogen) atoms. The summed E-state index contributed by atoms with van der Waals surface area (Å²) in [7, 11) is 0. The molecule has 0 saturated heterocycles. The number of hydrogen-bond acceptors (Lipinski definition) is 3. The maximum atomic E-state index is 11.8. The molecule has 0 saturated carbocycles. The van der Waals surface area contributed by atoms with Gasteiger partial charge in [-0.05, 0) is 31.5 Å². The normalized spacial score (nSPS) is 11.8. The van der Waals surface area contributed by atoms with Crippen LogP contribution in [0.2, 0.25) is 0 Å². The summed E-state index contributed by atoms with van der Waals surface area (Å²) in [6.07, 6.45) is 0. The first-order valence-corrected chi connectivity index (χ1v) is 8.27. The highest BCUT2D eigenvalue weighted by Crippen LogP contribution is 2.19. The lowest BCUT2D eigenvalue weighted by Gasteiger charge is -2.12. The maximum Gasteiger partial charge on any atom is 0.239 e. The van der Waals surface area contributed by atoms with Crippen LogP contribution in [0.25, 0.3) is 0 Å². The molecule has 1 aromatic carbocycles. The molecule has 1 rings (SSSR count). The molecule has 0 spiro atoms. The van der Waals surface area contributed by atoms with Crippen LogP contribution in [0, 0.1) is 0 Å². The minimum atomic E-state index is -0.187. The van der Waals surface area contributed by atoms with Crippen LogP contribution in [0.5, 0.6) is 0 Å². The summed E-state index contributed by atoms with van der Waals surface area (Å²) in [5, 5.41) is 5.08. The SMILES string of the molecule is CCNC(=O)CNC(=O)[C@@H](C)SCc1ccc(Br)cc1. The number of nitrogens with one attached hydrogen (secondary N) is 2. The van der Waals surface area contributed by atoms with E-state index in [-0.39, 0.29) is 23.6 Å². The first-order chi connectivity index (χ1) is 9.52. The Labute approximate surface area is 132 Å². The molecule has 0 bridgehead atoms. The van der Waals surface area contributed by atoms with Gasteiger partial charge in [0.25, 0.3) is 0 Å². The third-order valence-electron chi connectivity index (χ3n) is 2.58. The van der Waals surface area contributed by atoms with Gasteiger partial charge >= 0.3 is 0 Å². The van der Waals surface area contributed by atoms with E-state index in [4.69, 9.17) is 0 Å². The van der Waals surface area contributed by atoms with Crippen molar-refractivity contribution >= 4 is 39.5 Å². The van der Waals surface area contributed by atoms with Crippen molar-refractivity contribution in [2.45, 2.75) is 24.9 Å². The minimum Gasteiger partial charge on any atom is -0.355 e. The Bertz CT molecular complexity index is 451. The van der Waals surface area contributed by atoms with E-state index in [2.05, 4.69) is 26.6 Å². The average molecular weight is 359 g/mol. The predicted octanol–water partition coefficient (Wildman–Crippen LogP) is 2.32. The minimum absolute atomic E-state index is 0.0376. The van der Waals surface area contributed by atoms with Crippen molar-refractivity contribution in [1.82, 2.24) is 10.6 Å². The second-order valence-electron chi connectivity index (χ2n) is 4.25. The summed E-state index contributed by atoms with van der Waals surface area (Å²) in [5.41, 5.74) is 1.17. The van der Waals surface area contributed by atoms with Crippen LogP contribution >= 0.6 is 27.7 Å². The van der Waals surface area contributed by atoms with Gasteiger partial charge in [-0.25, -0.2) is 0 Å². The average Bonchev–Trinajstić information content (AvgIpc) is 2.44. The van der Waals surface area contributed by atoms with Gasteiger partial charge in [-0.2, -0.15) is 0 Å². The summed E-state index contributed by atoms with van der Waals surface area (Å²) in [6.45, 7) is 4.30. The number of halogens is 1. The summed E-state index contributed by atoms with van der Waals surface area (Å²) in [6, 6.07) is 8.01. The van der Waals surface area contributed by atoms with Gasteiger partial charge in [0.05, 0.1) is 11.8 Å².